The summed E-state index contributed by atoms with van der Waals surface area (Å²) in [4.78, 5) is 39.3. The Labute approximate surface area is 138 Å². The van der Waals surface area contributed by atoms with E-state index in [0.717, 1.165) is 5.56 Å². The Bertz CT molecular complexity index is 719. The van der Waals surface area contributed by atoms with Gasteiger partial charge in [-0.2, -0.15) is 0 Å². The van der Waals surface area contributed by atoms with Crippen molar-refractivity contribution in [2.24, 2.45) is 0 Å². The summed E-state index contributed by atoms with van der Waals surface area (Å²) in [5.74, 6) is -1.09. The molecular weight excluding hydrogens is 316 g/mol. The quantitative estimate of drug-likeness (QED) is 0.775. The van der Waals surface area contributed by atoms with Gasteiger partial charge in [0.2, 0.25) is 5.91 Å². The van der Waals surface area contributed by atoms with Crippen LogP contribution in [0.5, 0.6) is 5.75 Å². The van der Waals surface area contributed by atoms with Crippen LogP contribution in [0.15, 0.2) is 18.2 Å². The Kier molecular flexibility index (Phi) is 3.82. The summed E-state index contributed by atoms with van der Waals surface area (Å²) in [5, 5.41) is 9.74. The maximum atomic E-state index is 12.3. The van der Waals surface area contributed by atoms with Crippen LogP contribution in [-0.2, 0) is 19.1 Å². The molecule has 3 atom stereocenters. The number of nitrogens with zero attached hydrogens (tertiary/aromatic N) is 2. The number of hydrogen-bond acceptors (Lipinski definition) is 6. The van der Waals surface area contributed by atoms with Gasteiger partial charge in [-0.15, -0.1) is 0 Å². The lowest BCUT2D eigenvalue weighted by atomic mass is 9.96. The third-order valence-corrected chi connectivity index (χ3v) is 4.59. The number of anilines is 1. The van der Waals surface area contributed by atoms with E-state index in [1.165, 1.54) is 43.1 Å². The van der Waals surface area contributed by atoms with Gasteiger partial charge in [-0.05, 0) is 18.1 Å². The number of phenolic OH excluding ortho intramolecular Hbond substituents is 1. The number of methoxy groups -OCH3 is 2. The van der Waals surface area contributed by atoms with Crippen molar-refractivity contribution in [2.75, 3.05) is 19.1 Å². The molecule has 0 radical (unpaired) electrons. The van der Waals surface area contributed by atoms with E-state index in [0.29, 0.717) is 12.1 Å². The molecule has 2 aliphatic heterocycles. The third kappa shape index (κ3) is 2.17. The van der Waals surface area contributed by atoms with Crippen LogP contribution in [0.2, 0.25) is 0 Å². The van der Waals surface area contributed by atoms with Gasteiger partial charge in [0.25, 0.3) is 0 Å². The largest absolute Gasteiger partial charge is 0.508 e. The highest BCUT2D eigenvalue weighted by Crippen LogP contribution is 2.51. The number of benzene rings is 1. The predicted molar refractivity (Wildman–Crippen MR) is 82.5 cm³/mol. The normalized spacial score (nSPS) is 24.4. The molecule has 2 heterocycles. The van der Waals surface area contributed by atoms with Crippen LogP contribution >= 0.6 is 0 Å². The van der Waals surface area contributed by atoms with Gasteiger partial charge >= 0.3 is 12.1 Å². The molecule has 0 spiro atoms. The fourth-order valence-corrected chi connectivity index (χ4v) is 3.69. The maximum absolute atomic E-state index is 12.3. The van der Waals surface area contributed by atoms with Crippen LogP contribution in [0, 0.1) is 0 Å². The summed E-state index contributed by atoms with van der Waals surface area (Å²) in [7, 11) is 2.47. The van der Waals surface area contributed by atoms with Gasteiger partial charge in [-0.1, -0.05) is 6.07 Å². The summed E-state index contributed by atoms with van der Waals surface area (Å²) in [6.45, 7) is 1.37. The number of hydrogen-bond donors (Lipinski definition) is 1. The molecule has 3 rings (SSSR count). The van der Waals surface area contributed by atoms with Crippen molar-refractivity contribution >= 4 is 23.7 Å². The first-order chi connectivity index (χ1) is 11.4. The number of aromatic hydroxyl groups is 1. The smallest absolute Gasteiger partial charge is 0.411 e. The summed E-state index contributed by atoms with van der Waals surface area (Å²) >= 11 is 0. The van der Waals surface area contributed by atoms with Crippen molar-refractivity contribution in [3.05, 3.63) is 23.8 Å². The molecule has 0 aliphatic carbocycles. The predicted octanol–water partition coefficient (Wildman–Crippen LogP) is 1.18. The molecule has 1 saturated heterocycles. The molecule has 128 valence electrons. The number of amides is 2. The van der Waals surface area contributed by atoms with Crippen molar-refractivity contribution in [3.63, 3.8) is 0 Å². The topological polar surface area (TPSA) is 96.4 Å². The van der Waals surface area contributed by atoms with E-state index in [1.54, 1.807) is 6.07 Å². The standard InChI is InChI=1S/C16H18N2O6/c1-8(19)17-12-6-9(20)4-5-10(12)11-7-13(15(21)23-2)18(14(11)17)16(22)24-3/h4-6,11,13-14,20H,7H2,1-3H3/t11-,13+,14-/m0/s1. The highest BCUT2D eigenvalue weighted by Gasteiger charge is 2.56. The SMILES string of the molecule is COC(=O)[C@H]1C[C@H]2c3ccc(O)cc3N(C(C)=O)[C@H]2N1C(=O)OC. The molecule has 2 amide bonds. The Morgan fingerprint density at radius 2 is 1.92 bits per heavy atom. The van der Waals surface area contributed by atoms with E-state index in [-0.39, 0.29) is 17.6 Å². The molecular formula is C16H18N2O6. The minimum atomic E-state index is -0.832. The van der Waals surface area contributed by atoms with Gasteiger partial charge in [-0.3, -0.25) is 14.6 Å². The Hall–Kier alpha value is -2.77. The third-order valence-electron chi connectivity index (χ3n) is 4.59. The fraction of sp³-hybridized carbons (Fsp3) is 0.438. The van der Waals surface area contributed by atoms with E-state index in [2.05, 4.69) is 0 Å². The van der Waals surface area contributed by atoms with Crippen LogP contribution in [0.1, 0.15) is 24.8 Å². The van der Waals surface area contributed by atoms with E-state index in [1.807, 2.05) is 0 Å². The van der Waals surface area contributed by atoms with Gasteiger partial charge in [0.15, 0.2) is 0 Å². The summed E-state index contributed by atoms with van der Waals surface area (Å²) in [5.41, 5.74) is 1.34. The molecule has 1 fully saturated rings. The maximum Gasteiger partial charge on any atom is 0.411 e. The molecule has 0 aromatic heterocycles. The van der Waals surface area contributed by atoms with E-state index < -0.39 is 24.3 Å². The molecule has 0 saturated carbocycles. The first kappa shape index (κ1) is 16.1. The highest BCUT2D eigenvalue weighted by atomic mass is 16.5. The average Bonchev–Trinajstić information content (AvgIpc) is 3.06. The van der Waals surface area contributed by atoms with Crippen molar-refractivity contribution in [3.8, 4) is 5.75 Å². The molecule has 2 aliphatic rings. The lowest BCUT2D eigenvalue weighted by molar-refractivity contribution is -0.146. The second kappa shape index (κ2) is 5.70. The second-order valence-electron chi connectivity index (χ2n) is 5.80. The molecule has 24 heavy (non-hydrogen) atoms. The summed E-state index contributed by atoms with van der Waals surface area (Å²) in [6, 6.07) is 3.88. The zero-order valence-electron chi connectivity index (χ0n) is 13.6. The van der Waals surface area contributed by atoms with Gasteiger partial charge in [-0.25, -0.2) is 9.59 Å². The molecule has 0 bridgehead atoms. The second-order valence-corrected chi connectivity index (χ2v) is 5.80. The van der Waals surface area contributed by atoms with Crippen LogP contribution in [0.3, 0.4) is 0 Å². The monoisotopic (exact) mass is 334 g/mol. The highest BCUT2D eigenvalue weighted by molar-refractivity contribution is 5.97. The van der Waals surface area contributed by atoms with Crippen LogP contribution < -0.4 is 4.90 Å². The minimum Gasteiger partial charge on any atom is -0.508 e. The molecule has 1 aromatic rings. The van der Waals surface area contributed by atoms with Crippen LogP contribution in [0.4, 0.5) is 10.5 Å². The molecule has 8 heteroatoms. The molecule has 1 aromatic carbocycles. The molecule has 8 nitrogen and oxygen atoms in total. The van der Waals surface area contributed by atoms with Gasteiger partial charge in [0.1, 0.15) is 18.0 Å². The van der Waals surface area contributed by atoms with Gasteiger partial charge in [0.05, 0.1) is 19.9 Å². The number of phenols is 1. The van der Waals surface area contributed by atoms with Gasteiger partial charge in [0, 0.05) is 18.9 Å². The minimum absolute atomic E-state index is 0.0223. The lowest BCUT2D eigenvalue weighted by Gasteiger charge is -2.33. The van der Waals surface area contributed by atoms with Crippen molar-refractivity contribution in [1.29, 1.82) is 0 Å². The average molecular weight is 334 g/mol. The first-order valence-electron chi connectivity index (χ1n) is 7.47. The fourth-order valence-electron chi connectivity index (χ4n) is 3.69. The van der Waals surface area contributed by atoms with E-state index >= 15 is 0 Å². The zero-order chi connectivity index (χ0) is 17.6. The number of likely N-dealkylation sites (tertiary alicyclic amines) is 1. The molecule has 0 unspecified atom stereocenters. The Morgan fingerprint density at radius 1 is 1.21 bits per heavy atom. The van der Waals surface area contributed by atoms with Crippen LogP contribution in [-0.4, -0.2) is 54.4 Å². The number of ether oxygens (including phenoxy) is 2. The number of esters is 1. The Balaban J connectivity index is 2.12. The number of carbonyl (C=O) groups excluding carboxylic acids is 3. The zero-order valence-corrected chi connectivity index (χ0v) is 13.6. The lowest BCUT2D eigenvalue weighted by Crippen LogP contribution is -2.53. The van der Waals surface area contributed by atoms with Crippen molar-refractivity contribution < 1.29 is 29.0 Å². The van der Waals surface area contributed by atoms with E-state index in [9.17, 15) is 19.5 Å². The number of rotatable bonds is 1. The van der Waals surface area contributed by atoms with Gasteiger partial charge < -0.3 is 14.6 Å². The van der Waals surface area contributed by atoms with E-state index in [4.69, 9.17) is 9.47 Å². The summed E-state index contributed by atoms with van der Waals surface area (Å²) < 4.78 is 9.61. The van der Waals surface area contributed by atoms with Crippen molar-refractivity contribution in [1.82, 2.24) is 4.90 Å². The van der Waals surface area contributed by atoms with Crippen LogP contribution in [0.25, 0.3) is 0 Å². The van der Waals surface area contributed by atoms with Crippen molar-refractivity contribution in [2.45, 2.75) is 31.5 Å². The number of fused-ring (bicyclic) bond motifs is 3. The summed E-state index contributed by atoms with van der Waals surface area (Å²) in [6.07, 6.45) is -1.08. The Morgan fingerprint density at radius 3 is 2.50 bits per heavy atom. The first-order valence-corrected chi connectivity index (χ1v) is 7.47. The molecule has 1 N–H and O–H groups in total. The number of carbonyl (C=O) groups is 3.